The van der Waals surface area contributed by atoms with E-state index in [0.29, 0.717) is 11.3 Å². The summed E-state index contributed by atoms with van der Waals surface area (Å²) < 4.78 is 5.24. The molecule has 0 saturated heterocycles. The van der Waals surface area contributed by atoms with Gasteiger partial charge >= 0.3 is 0 Å². The molecule has 3 nitrogen and oxygen atoms in total. The minimum Gasteiger partial charge on any atom is -0.494 e. The molecule has 0 aliphatic rings. The molecule has 16 heavy (non-hydrogen) atoms. The van der Waals surface area contributed by atoms with Crippen LogP contribution in [0.5, 0.6) is 5.75 Å². The van der Waals surface area contributed by atoms with Crippen molar-refractivity contribution in [2.75, 3.05) is 7.11 Å². The van der Waals surface area contributed by atoms with E-state index in [0.717, 1.165) is 16.5 Å². The van der Waals surface area contributed by atoms with Crippen molar-refractivity contribution in [1.29, 1.82) is 0 Å². The number of pyridine rings is 1. The lowest BCUT2D eigenvalue weighted by Gasteiger charge is -2.09. The van der Waals surface area contributed by atoms with Crippen LogP contribution >= 0.6 is 0 Å². The summed E-state index contributed by atoms with van der Waals surface area (Å²) in [6.45, 7) is 3.53. The zero-order valence-electron chi connectivity index (χ0n) is 9.57. The Morgan fingerprint density at radius 3 is 2.69 bits per heavy atom. The number of Topliss-reactive ketones (excluding diaryl/α,β-unsaturated/α-hetero) is 1. The molecule has 1 aromatic carbocycles. The zero-order chi connectivity index (χ0) is 11.7. The highest BCUT2D eigenvalue weighted by molar-refractivity contribution is 6.08. The van der Waals surface area contributed by atoms with E-state index < -0.39 is 0 Å². The number of aromatic nitrogens is 1. The third kappa shape index (κ3) is 1.54. The predicted octanol–water partition coefficient (Wildman–Crippen LogP) is 2.75. The van der Waals surface area contributed by atoms with E-state index in [1.165, 1.54) is 0 Å². The first kappa shape index (κ1) is 10.6. The van der Waals surface area contributed by atoms with E-state index in [2.05, 4.69) is 4.98 Å². The van der Waals surface area contributed by atoms with Gasteiger partial charge in [0.05, 0.1) is 7.11 Å². The molecule has 0 bridgehead atoms. The normalized spacial score (nSPS) is 10.4. The number of nitrogens with zero attached hydrogens (tertiary/aromatic N) is 1. The predicted molar refractivity (Wildman–Crippen MR) is 63.0 cm³/mol. The van der Waals surface area contributed by atoms with Crippen LogP contribution in [0.2, 0.25) is 0 Å². The van der Waals surface area contributed by atoms with Crippen LogP contribution in [-0.4, -0.2) is 17.9 Å². The number of methoxy groups -OCH3 is 1. The van der Waals surface area contributed by atoms with Crippen LogP contribution in [0.3, 0.4) is 0 Å². The van der Waals surface area contributed by atoms with Crippen LogP contribution in [0.4, 0.5) is 0 Å². The topological polar surface area (TPSA) is 39.2 Å². The van der Waals surface area contributed by atoms with Crippen molar-refractivity contribution in [1.82, 2.24) is 4.98 Å². The monoisotopic (exact) mass is 215 g/mol. The first-order valence-electron chi connectivity index (χ1n) is 5.08. The second kappa shape index (κ2) is 3.93. The molecule has 3 heteroatoms. The number of hydrogen-bond acceptors (Lipinski definition) is 3. The second-order valence-electron chi connectivity index (χ2n) is 3.72. The summed E-state index contributed by atoms with van der Waals surface area (Å²) in [6, 6.07) is 5.47. The molecule has 0 unspecified atom stereocenters. The lowest BCUT2D eigenvalue weighted by Crippen LogP contribution is -1.98. The van der Waals surface area contributed by atoms with Crippen molar-refractivity contribution in [2.24, 2.45) is 0 Å². The third-order valence-electron chi connectivity index (χ3n) is 2.66. The largest absolute Gasteiger partial charge is 0.494 e. The minimum atomic E-state index is 0.0451. The first-order chi connectivity index (χ1) is 7.65. The van der Waals surface area contributed by atoms with Gasteiger partial charge in [0.1, 0.15) is 11.3 Å². The van der Waals surface area contributed by atoms with Crippen LogP contribution in [-0.2, 0) is 0 Å². The van der Waals surface area contributed by atoms with E-state index in [1.54, 1.807) is 32.4 Å². The molecule has 0 aliphatic heterocycles. The van der Waals surface area contributed by atoms with Crippen LogP contribution in [0.15, 0.2) is 24.4 Å². The van der Waals surface area contributed by atoms with Gasteiger partial charge in [-0.1, -0.05) is 0 Å². The number of rotatable bonds is 2. The molecule has 82 valence electrons. The molecule has 0 N–H and O–H groups in total. The van der Waals surface area contributed by atoms with Gasteiger partial charge in [0.15, 0.2) is 5.78 Å². The highest BCUT2D eigenvalue weighted by Crippen LogP contribution is 2.29. The Hall–Kier alpha value is -1.90. The summed E-state index contributed by atoms with van der Waals surface area (Å²) >= 11 is 0. The van der Waals surface area contributed by atoms with Gasteiger partial charge in [-0.3, -0.25) is 9.78 Å². The van der Waals surface area contributed by atoms with Crippen molar-refractivity contribution >= 4 is 16.7 Å². The average molecular weight is 215 g/mol. The summed E-state index contributed by atoms with van der Waals surface area (Å²) in [7, 11) is 1.60. The fraction of sp³-hybridized carbons (Fsp3) is 0.231. The van der Waals surface area contributed by atoms with E-state index >= 15 is 0 Å². The smallest absolute Gasteiger partial charge is 0.160 e. The fourth-order valence-corrected chi connectivity index (χ4v) is 1.86. The maximum atomic E-state index is 11.5. The van der Waals surface area contributed by atoms with Gasteiger partial charge in [0, 0.05) is 17.1 Å². The van der Waals surface area contributed by atoms with Crippen LogP contribution < -0.4 is 4.74 Å². The van der Waals surface area contributed by atoms with Gasteiger partial charge in [-0.2, -0.15) is 0 Å². The number of aryl methyl sites for hydroxylation is 1. The van der Waals surface area contributed by atoms with Gasteiger partial charge in [-0.25, -0.2) is 0 Å². The number of carbonyl (C=O) groups is 1. The molecular formula is C13H13NO2. The average Bonchev–Trinajstić information content (AvgIpc) is 2.28. The number of benzene rings is 1. The molecule has 0 fully saturated rings. The van der Waals surface area contributed by atoms with E-state index in [4.69, 9.17) is 4.74 Å². The standard InChI is InChI=1S/C13H13NO2/c1-8-6-7-14-13-11(16-3)5-4-10(9(2)15)12(8)13/h4-7H,1-3H3. The number of ether oxygens (including phenoxy) is 1. The molecule has 0 aliphatic carbocycles. The van der Waals surface area contributed by atoms with E-state index in [9.17, 15) is 4.79 Å². The number of fused-ring (bicyclic) bond motifs is 1. The highest BCUT2D eigenvalue weighted by atomic mass is 16.5. The van der Waals surface area contributed by atoms with Gasteiger partial charge in [-0.15, -0.1) is 0 Å². The summed E-state index contributed by atoms with van der Waals surface area (Å²) in [5.74, 6) is 0.743. The molecule has 0 spiro atoms. The highest BCUT2D eigenvalue weighted by Gasteiger charge is 2.12. The van der Waals surface area contributed by atoms with E-state index in [1.807, 2.05) is 13.0 Å². The summed E-state index contributed by atoms with van der Waals surface area (Å²) in [5.41, 5.74) is 2.48. The quantitative estimate of drug-likeness (QED) is 0.723. The summed E-state index contributed by atoms with van der Waals surface area (Å²) in [6.07, 6.45) is 1.73. The van der Waals surface area contributed by atoms with Gasteiger partial charge < -0.3 is 4.74 Å². The first-order valence-corrected chi connectivity index (χ1v) is 5.08. The Morgan fingerprint density at radius 1 is 1.31 bits per heavy atom. The molecule has 0 saturated carbocycles. The third-order valence-corrected chi connectivity index (χ3v) is 2.66. The van der Waals surface area contributed by atoms with Crippen molar-refractivity contribution in [2.45, 2.75) is 13.8 Å². The molecule has 0 amide bonds. The Morgan fingerprint density at radius 2 is 2.06 bits per heavy atom. The Bertz CT molecular complexity index is 561. The Labute approximate surface area is 94.1 Å². The second-order valence-corrected chi connectivity index (χ2v) is 3.72. The molecule has 2 aromatic rings. The number of hydrogen-bond donors (Lipinski definition) is 0. The minimum absolute atomic E-state index is 0.0451. The summed E-state index contributed by atoms with van der Waals surface area (Å²) in [4.78, 5) is 15.8. The molecule has 1 heterocycles. The summed E-state index contributed by atoms with van der Waals surface area (Å²) in [5, 5.41) is 0.884. The van der Waals surface area contributed by atoms with Gasteiger partial charge in [0.2, 0.25) is 0 Å². The maximum absolute atomic E-state index is 11.5. The van der Waals surface area contributed by atoms with Crippen LogP contribution in [0.25, 0.3) is 10.9 Å². The van der Waals surface area contributed by atoms with E-state index in [-0.39, 0.29) is 5.78 Å². The van der Waals surface area contributed by atoms with Crippen LogP contribution in [0.1, 0.15) is 22.8 Å². The van der Waals surface area contributed by atoms with Crippen molar-refractivity contribution in [3.63, 3.8) is 0 Å². The molecule has 1 aromatic heterocycles. The van der Waals surface area contributed by atoms with Gasteiger partial charge in [0.25, 0.3) is 0 Å². The van der Waals surface area contributed by atoms with Crippen molar-refractivity contribution in [3.8, 4) is 5.75 Å². The Balaban J connectivity index is 2.92. The lowest BCUT2D eigenvalue weighted by atomic mass is 10.0. The number of ketones is 1. The molecular weight excluding hydrogens is 202 g/mol. The fourth-order valence-electron chi connectivity index (χ4n) is 1.86. The van der Waals surface area contributed by atoms with Gasteiger partial charge in [-0.05, 0) is 37.6 Å². The number of carbonyl (C=O) groups excluding carboxylic acids is 1. The molecule has 2 rings (SSSR count). The lowest BCUT2D eigenvalue weighted by molar-refractivity contribution is 0.101. The zero-order valence-corrected chi connectivity index (χ0v) is 9.57. The van der Waals surface area contributed by atoms with Crippen LogP contribution in [0, 0.1) is 6.92 Å². The molecule has 0 radical (unpaired) electrons. The Kier molecular flexibility index (Phi) is 2.60. The van der Waals surface area contributed by atoms with Crippen molar-refractivity contribution < 1.29 is 9.53 Å². The van der Waals surface area contributed by atoms with Crippen molar-refractivity contribution in [3.05, 3.63) is 35.5 Å². The SMILES string of the molecule is COc1ccc(C(C)=O)c2c(C)ccnc12. The molecule has 0 atom stereocenters. The maximum Gasteiger partial charge on any atom is 0.160 e.